The highest BCUT2D eigenvalue weighted by Crippen LogP contribution is 2.36. The van der Waals surface area contributed by atoms with Gasteiger partial charge in [-0.2, -0.15) is 4.98 Å². The van der Waals surface area contributed by atoms with Crippen LogP contribution in [-0.4, -0.2) is 44.5 Å². The van der Waals surface area contributed by atoms with Gasteiger partial charge in [-0.05, 0) is 17.9 Å². The topological polar surface area (TPSA) is 128 Å². The molecule has 0 bridgehead atoms. The van der Waals surface area contributed by atoms with Crippen LogP contribution in [0.5, 0.6) is 0 Å². The number of aliphatic hydroxyl groups excluding tert-OH is 2. The number of thiophene rings is 1. The lowest BCUT2D eigenvalue weighted by Gasteiger charge is -2.19. The number of nitrogen functional groups attached to an aromatic ring is 1. The van der Waals surface area contributed by atoms with Gasteiger partial charge in [0.2, 0.25) is 0 Å². The maximum absolute atomic E-state index is 12.3. The van der Waals surface area contributed by atoms with Crippen LogP contribution in [0.2, 0.25) is 0 Å². The molecule has 1 saturated carbocycles. The zero-order valence-corrected chi connectivity index (χ0v) is 14.3. The van der Waals surface area contributed by atoms with E-state index in [1.54, 1.807) is 6.20 Å². The highest BCUT2D eigenvalue weighted by molar-refractivity contribution is 7.13. The first-order valence-electron chi connectivity index (χ1n) is 7.80. The molecular weight excluding hydrogens is 346 g/mol. The predicted molar refractivity (Wildman–Crippen MR) is 92.0 cm³/mol. The summed E-state index contributed by atoms with van der Waals surface area (Å²) in [5, 5.41) is 22.4. The Labute approximate surface area is 147 Å². The standard InChI is InChI=1S/C16H19N3O5S/c1-8(20)24-7-9-5-11(14(22)13(9)21)19-6-10(12-3-2-4-25-12)15(17)18-16(19)23/h2-4,6,9,11,13-14,21-22H,5,7H2,1H3,(H2,17,18,23)/t9-,11-,13-,14+/m1/s1. The quantitative estimate of drug-likeness (QED) is 0.669. The minimum Gasteiger partial charge on any atom is -0.465 e. The van der Waals surface area contributed by atoms with Crippen molar-refractivity contribution in [3.05, 3.63) is 34.2 Å². The Morgan fingerprint density at radius 2 is 2.24 bits per heavy atom. The van der Waals surface area contributed by atoms with Gasteiger partial charge in [-0.25, -0.2) is 4.79 Å². The van der Waals surface area contributed by atoms with Crippen LogP contribution in [0.25, 0.3) is 10.4 Å². The molecule has 2 aromatic heterocycles. The molecular formula is C16H19N3O5S. The van der Waals surface area contributed by atoms with Crippen molar-refractivity contribution in [2.24, 2.45) is 5.92 Å². The lowest BCUT2D eigenvalue weighted by Crippen LogP contribution is -2.35. The molecule has 2 heterocycles. The van der Waals surface area contributed by atoms with Gasteiger partial charge in [0.15, 0.2) is 0 Å². The van der Waals surface area contributed by atoms with E-state index >= 15 is 0 Å². The molecule has 4 atom stereocenters. The van der Waals surface area contributed by atoms with Gasteiger partial charge in [0.1, 0.15) is 11.9 Å². The van der Waals surface area contributed by atoms with Crippen LogP contribution in [0.1, 0.15) is 19.4 Å². The van der Waals surface area contributed by atoms with Crippen molar-refractivity contribution in [2.75, 3.05) is 12.3 Å². The van der Waals surface area contributed by atoms with E-state index in [1.165, 1.54) is 22.8 Å². The number of nitrogens with zero attached hydrogens (tertiary/aromatic N) is 2. The summed E-state index contributed by atoms with van der Waals surface area (Å²) in [5.41, 5.74) is 5.87. The van der Waals surface area contributed by atoms with Gasteiger partial charge in [0.25, 0.3) is 0 Å². The summed E-state index contributed by atoms with van der Waals surface area (Å²) in [6.45, 7) is 1.26. The molecule has 0 radical (unpaired) electrons. The summed E-state index contributed by atoms with van der Waals surface area (Å²) < 4.78 is 6.23. The van der Waals surface area contributed by atoms with Crippen LogP contribution < -0.4 is 11.4 Å². The van der Waals surface area contributed by atoms with Crippen molar-refractivity contribution < 1.29 is 19.7 Å². The Hall–Kier alpha value is -2.23. The Morgan fingerprint density at radius 1 is 1.48 bits per heavy atom. The molecule has 9 heteroatoms. The summed E-state index contributed by atoms with van der Waals surface area (Å²) in [7, 11) is 0. The molecule has 3 rings (SSSR count). The number of aromatic nitrogens is 2. The molecule has 4 N–H and O–H groups in total. The molecule has 0 spiro atoms. The molecule has 0 aromatic carbocycles. The molecule has 134 valence electrons. The first-order chi connectivity index (χ1) is 11.9. The fourth-order valence-corrected chi connectivity index (χ4v) is 3.85. The van der Waals surface area contributed by atoms with Gasteiger partial charge in [0.05, 0.1) is 24.3 Å². The minimum absolute atomic E-state index is 0.0149. The van der Waals surface area contributed by atoms with Gasteiger partial charge in [0, 0.05) is 23.9 Å². The molecule has 8 nitrogen and oxygen atoms in total. The molecule has 25 heavy (non-hydrogen) atoms. The van der Waals surface area contributed by atoms with Crippen molar-refractivity contribution in [2.45, 2.75) is 31.6 Å². The highest BCUT2D eigenvalue weighted by atomic mass is 32.1. The summed E-state index contributed by atoms with van der Waals surface area (Å²) in [5.74, 6) is -0.803. The van der Waals surface area contributed by atoms with Crippen LogP contribution in [0.4, 0.5) is 5.82 Å². The van der Waals surface area contributed by atoms with E-state index in [-0.39, 0.29) is 18.8 Å². The lowest BCUT2D eigenvalue weighted by atomic mass is 10.1. The Kier molecular flexibility index (Phi) is 4.89. The second kappa shape index (κ2) is 6.95. The number of ether oxygens (including phenoxy) is 1. The summed E-state index contributed by atoms with van der Waals surface area (Å²) in [6.07, 6.45) is -0.421. The van der Waals surface area contributed by atoms with Crippen molar-refractivity contribution in [1.82, 2.24) is 9.55 Å². The van der Waals surface area contributed by atoms with Crippen molar-refractivity contribution in [3.8, 4) is 10.4 Å². The third-order valence-corrected chi connectivity index (χ3v) is 5.30. The van der Waals surface area contributed by atoms with E-state index in [9.17, 15) is 19.8 Å². The SMILES string of the molecule is CC(=O)OC[C@H]1C[C@@H](n2cc(-c3cccs3)c(N)nc2=O)[C@H](O)[C@@H]1O. The van der Waals surface area contributed by atoms with Gasteiger partial charge in [-0.1, -0.05) is 6.07 Å². The van der Waals surface area contributed by atoms with Crippen LogP contribution in [0.3, 0.4) is 0 Å². The second-order valence-corrected chi connectivity index (χ2v) is 7.00. The zero-order chi connectivity index (χ0) is 18.1. The summed E-state index contributed by atoms with van der Waals surface area (Å²) in [4.78, 5) is 27.9. The number of carbonyl (C=O) groups is 1. The Bertz CT molecular complexity index is 820. The lowest BCUT2D eigenvalue weighted by molar-refractivity contribution is -0.143. The molecule has 0 unspecified atom stereocenters. The smallest absolute Gasteiger partial charge is 0.349 e. The van der Waals surface area contributed by atoms with E-state index in [0.29, 0.717) is 5.56 Å². The number of carbonyl (C=O) groups excluding carboxylic acids is 1. The molecule has 1 aliphatic carbocycles. The second-order valence-electron chi connectivity index (χ2n) is 6.05. The number of aliphatic hydroxyl groups is 2. The minimum atomic E-state index is -1.17. The first kappa shape index (κ1) is 17.6. The van der Waals surface area contributed by atoms with Gasteiger partial charge in [-0.15, -0.1) is 11.3 Å². The van der Waals surface area contributed by atoms with E-state index in [1.807, 2.05) is 17.5 Å². The molecule has 0 aliphatic heterocycles. The monoisotopic (exact) mass is 365 g/mol. The van der Waals surface area contributed by atoms with Gasteiger partial charge < -0.3 is 20.7 Å². The highest BCUT2D eigenvalue weighted by Gasteiger charge is 2.43. The molecule has 1 fully saturated rings. The molecule has 1 aliphatic rings. The summed E-state index contributed by atoms with van der Waals surface area (Å²) in [6, 6.07) is 3.05. The molecule has 2 aromatic rings. The normalized spacial score (nSPS) is 25.9. The first-order valence-corrected chi connectivity index (χ1v) is 8.68. The number of nitrogens with two attached hydrogens (primary N) is 1. The van der Waals surface area contributed by atoms with Crippen LogP contribution >= 0.6 is 11.3 Å². The fraction of sp³-hybridized carbons (Fsp3) is 0.438. The van der Waals surface area contributed by atoms with Gasteiger partial charge >= 0.3 is 11.7 Å². The number of hydrogen-bond donors (Lipinski definition) is 3. The zero-order valence-electron chi connectivity index (χ0n) is 13.5. The van der Waals surface area contributed by atoms with E-state index in [0.717, 1.165) is 4.88 Å². The largest absolute Gasteiger partial charge is 0.465 e. The van der Waals surface area contributed by atoms with Crippen molar-refractivity contribution in [3.63, 3.8) is 0 Å². The predicted octanol–water partition coefficient (Wildman–Crippen LogP) is 0.400. The third kappa shape index (κ3) is 3.44. The summed E-state index contributed by atoms with van der Waals surface area (Å²) >= 11 is 1.46. The van der Waals surface area contributed by atoms with Crippen molar-refractivity contribution in [1.29, 1.82) is 0 Å². The number of rotatable bonds is 4. The van der Waals surface area contributed by atoms with Crippen LogP contribution in [0.15, 0.2) is 28.5 Å². The third-order valence-electron chi connectivity index (χ3n) is 4.40. The van der Waals surface area contributed by atoms with E-state index < -0.39 is 35.8 Å². The maximum atomic E-state index is 12.3. The van der Waals surface area contributed by atoms with E-state index in [4.69, 9.17) is 10.5 Å². The Balaban J connectivity index is 1.92. The Morgan fingerprint density at radius 3 is 2.88 bits per heavy atom. The van der Waals surface area contributed by atoms with Gasteiger partial charge in [-0.3, -0.25) is 9.36 Å². The number of hydrogen-bond acceptors (Lipinski definition) is 8. The van der Waals surface area contributed by atoms with Crippen LogP contribution in [0, 0.1) is 5.92 Å². The van der Waals surface area contributed by atoms with Crippen LogP contribution in [-0.2, 0) is 9.53 Å². The van der Waals surface area contributed by atoms with Crippen molar-refractivity contribution >= 4 is 23.1 Å². The number of anilines is 1. The average molecular weight is 365 g/mol. The average Bonchev–Trinajstić information content (AvgIpc) is 3.17. The molecule has 0 saturated heterocycles. The number of esters is 1. The fourth-order valence-electron chi connectivity index (χ4n) is 3.11. The van der Waals surface area contributed by atoms with E-state index in [2.05, 4.69) is 4.98 Å². The maximum Gasteiger partial charge on any atom is 0.349 e. The molecule has 0 amide bonds.